The van der Waals surface area contributed by atoms with Gasteiger partial charge in [-0.2, -0.15) is 0 Å². The first-order valence-corrected chi connectivity index (χ1v) is 5.56. The van der Waals surface area contributed by atoms with Gasteiger partial charge in [0.05, 0.1) is 0 Å². The van der Waals surface area contributed by atoms with E-state index in [1.807, 2.05) is 6.92 Å². The predicted molar refractivity (Wildman–Crippen MR) is 64.9 cm³/mol. The summed E-state index contributed by atoms with van der Waals surface area (Å²) in [4.78, 5) is 17.5. The third-order valence-corrected chi connectivity index (χ3v) is 2.58. The number of halogens is 1. The van der Waals surface area contributed by atoms with Gasteiger partial charge in [-0.25, -0.2) is 9.37 Å². The van der Waals surface area contributed by atoms with Crippen LogP contribution in [0, 0.1) is 5.82 Å². The van der Waals surface area contributed by atoms with Crippen molar-refractivity contribution in [2.75, 3.05) is 11.9 Å². The van der Waals surface area contributed by atoms with E-state index < -0.39 is 0 Å². The fourth-order valence-electron chi connectivity index (χ4n) is 1.48. The Morgan fingerprint density at radius 3 is 2.61 bits per heavy atom. The minimum Gasteiger partial charge on any atom is -0.309 e. The number of benzene rings is 1. The summed E-state index contributed by atoms with van der Waals surface area (Å²) in [6.45, 7) is 1.92. The number of hydrogen-bond donors (Lipinski definition) is 1. The Morgan fingerprint density at radius 1 is 1.39 bits per heavy atom. The Labute approximate surface area is 104 Å². The van der Waals surface area contributed by atoms with Crippen molar-refractivity contribution in [3.63, 3.8) is 0 Å². The number of carbonyl (C=O) groups excluding carboxylic acids is 1. The van der Waals surface area contributed by atoms with Crippen LogP contribution in [0.2, 0.25) is 0 Å². The molecule has 94 valence electrons. The number of anilines is 1. The van der Waals surface area contributed by atoms with Crippen LogP contribution in [0.5, 0.6) is 0 Å². The Balaban J connectivity index is 2.20. The number of amides is 1. The standard InChI is InChI=1S/C12H13FN4O/c1-3-10-14-11(16-15-10)12(18)17(2)9-6-4-8(13)5-7-9/h4-7H,3H2,1-2H3,(H,14,15,16). The minimum atomic E-state index is -0.342. The van der Waals surface area contributed by atoms with Gasteiger partial charge in [0, 0.05) is 19.2 Å². The molecule has 2 aromatic rings. The molecule has 0 aliphatic carbocycles. The first-order valence-electron chi connectivity index (χ1n) is 5.56. The Kier molecular flexibility index (Phi) is 3.36. The Bertz CT molecular complexity index is 549. The van der Waals surface area contributed by atoms with Gasteiger partial charge in [-0.15, -0.1) is 5.10 Å². The van der Waals surface area contributed by atoms with Gasteiger partial charge in [-0.3, -0.25) is 9.89 Å². The van der Waals surface area contributed by atoms with Gasteiger partial charge in [0.1, 0.15) is 11.6 Å². The second-order valence-corrected chi connectivity index (χ2v) is 3.80. The SMILES string of the molecule is CCc1nc(C(=O)N(C)c2ccc(F)cc2)n[nH]1. The third-order valence-electron chi connectivity index (χ3n) is 2.58. The highest BCUT2D eigenvalue weighted by molar-refractivity contribution is 6.03. The second kappa shape index (κ2) is 4.95. The van der Waals surface area contributed by atoms with E-state index in [1.54, 1.807) is 7.05 Å². The summed E-state index contributed by atoms with van der Waals surface area (Å²) in [6, 6.07) is 5.66. The van der Waals surface area contributed by atoms with Gasteiger partial charge in [-0.05, 0) is 24.3 Å². The molecule has 1 aromatic carbocycles. The van der Waals surface area contributed by atoms with E-state index in [0.717, 1.165) is 0 Å². The third kappa shape index (κ3) is 2.37. The van der Waals surface area contributed by atoms with Gasteiger partial charge >= 0.3 is 0 Å². The molecular weight excluding hydrogens is 235 g/mol. The topological polar surface area (TPSA) is 61.9 Å². The van der Waals surface area contributed by atoms with Crippen molar-refractivity contribution in [3.8, 4) is 0 Å². The molecule has 0 aliphatic rings. The van der Waals surface area contributed by atoms with Crippen molar-refractivity contribution in [2.45, 2.75) is 13.3 Å². The number of H-pyrrole nitrogens is 1. The van der Waals surface area contributed by atoms with Crippen molar-refractivity contribution in [1.29, 1.82) is 0 Å². The molecule has 0 aliphatic heterocycles. The Hall–Kier alpha value is -2.24. The summed E-state index contributed by atoms with van der Waals surface area (Å²) in [6.07, 6.45) is 0.681. The summed E-state index contributed by atoms with van der Waals surface area (Å²) in [5.74, 6) is 0.0906. The van der Waals surface area contributed by atoms with Gasteiger partial charge in [0.2, 0.25) is 5.82 Å². The van der Waals surface area contributed by atoms with Crippen LogP contribution in [0.15, 0.2) is 24.3 Å². The number of carbonyl (C=O) groups is 1. The van der Waals surface area contributed by atoms with Crippen LogP contribution in [0.4, 0.5) is 10.1 Å². The lowest BCUT2D eigenvalue weighted by atomic mass is 10.3. The zero-order valence-corrected chi connectivity index (χ0v) is 10.1. The smallest absolute Gasteiger partial charge is 0.297 e. The van der Waals surface area contributed by atoms with E-state index in [0.29, 0.717) is 17.9 Å². The predicted octanol–water partition coefficient (Wildman–Crippen LogP) is 1.78. The molecular formula is C12H13FN4O. The molecule has 0 spiro atoms. The molecule has 0 bridgehead atoms. The minimum absolute atomic E-state index is 0.110. The molecule has 0 fully saturated rings. The summed E-state index contributed by atoms with van der Waals surface area (Å²) in [5.41, 5.74) is 0.587. The number of rotatable bonds is 3. The zero-order valence-electron chi connectivity index (χ0n) is 10.1. The lowest BCUT2D eigenvalue weighted by molar-refractivity contribution is 0.0983. The van der Waals surface area contributed by atoms with E-state index in [-0.39, 0.29) is 17.5 Å². The van der Waals surface area contributed by atoms with Crippen molar-refractivity contribution < 1.29 is 9.18 Å². The van der Waals surface area contributed by atoms with Crippen molar-refractivity contribution in [2.24, 2.45) is 0 Å². The van der Waals surface area contributed by atoms with Crippen LogP contribution in [-0.4, -0.2) is 28.1 Å². The van der Waals surface area contributed by atoms with Crippen LogP contribution in [0.25, 0.3) is 0 Å². The van der Waals surface area contributed by atoms with E-state index in [9.17, 15) is 9.18 Å². The van der Waals surface area contributed by atoms with E-state index in [4.69, 9.17) is 0 Å². The molecule has 1 aromatic heterocycles. The molecule has 6 heteroatoms. The van der Waals surface area contributed by atoms with E-state index >= 15 is 0 Å². The molecule has 1 heterocycles. The van der Waals surface area contributed by atoms with Crippen molar-refractivity contribution in [3.05, 3.63) is 41.7 Å². The number of aromatic nitrogens is 3. The number of hydrogen-bond acceptors (Lipinski definition) is 3. The summed E-state index contributed by atoms with van der Waals surface area (Å²) in [5, 5.41) is 6.53. The molecule has 0 saturated heterocycles. The Morgan fingerprint density at radius 2 is 2.06 bits per heavy atom. The van der Waals surface area contributed by atoms with E-state index in [1.165, 1.54) is 29.2 Å². The molecule has 5 nitrogen and oxygen atoms in total. The van der Waals surface area contributed by atoms with Crippen LogP contribution >= 0.6 is 0 Å². The normalized spacial score (nSPS) is 10.4. The maximum absolute atomic E-state index is 12.8. The van der Waals surface area contributed by atoms with Gasteiger partial charge in [0.25, 0.3) is 5.91 Å². The van der Waals surface area contributed by atoms with Gasteiger partial charge in [-0.1, -0.05) is 6.92 Å². The molecule has 1 N–H and O–H groups in total. The molecule has 2 rings (SSSR count). The lowest BCUT2D eigenvalue weighted by Crippen LogP contribution is -2.27. The van der Waals surface area contributed by atoms with Crippen LogP contribution in [-0.2, 0) is 6.42 Å². The average molecular weight is 248 g/mol. The molecule has 0 radical (unpaired) electrons. The fourth-order valence-corrected chi connectivity index (χ4v) is 1.48. The highest BCUT2D eigenvalue weighted by Crippen LogP contribution is 2.14. The molecule has 18 heavy (non-hydrogen) atoms. The summed E-state index contributed by atoms with van der Waals surface area (Å²) >= 11 is 0. The van der Waals surface area contributed by atoms with Gasteiger partial charge in [0.15, 0.2) is 0 Å². The second-order valence-electron chi connectivity index (χ2n) is 3.80. The number of aromatic amines is 1. The monoisotopic (exact) mass is 248 g/mol. The maximum Gasteiger partial charge on any atom is 0.297 e. The van der Waals surface area contributed by atoms with E-state index in [2.05, 4.69) is 15.2 Å². The van der Waals surface area contributed by atoms with Crippen LogP contribution in [0.3, 0.4) is 0 Å². The van der Waals surface area contributed by atoms with Crippen molar-refractivity contribution in [1.82, 2.24) is 15.2 Å². The maximum atomic E-state index is 12.8. The van der Waals surface area contributed by atoms with Gasteiger partial charge < -0.3 is 4.90 Å². The first-order chi connectivity index (χ1) is 8.61. The summed E-state index contributed by atoms with van der Waals surface area (Å²) < 4.78 is 12.8. The highest BCUT2D eigenvalue weighted by Gasteiger charge is 2.18. The number of nitrogens with zero attached hydrogens (tertiary/aromatic N) is 3. The molecule has 0 unspecified atom stereocenters. The first kappa shape index (κ1) is 12.2. The van der Waals surface area contributed by atoms with Crippen molar-refractivity contribution >= 4 is 11.6 Å². The number of aryl methyl sites for hydroxylation is 1. The molecule has 0 atom stereocenters. The largest absolute Gasteiger partial charge is 0.309 e. The fraction of sp³-hybridized carbons (Fsp3) is 0.250. The lowest BCUT2D eigenvalue weighted by Gasteiger charge is -2.14. The van der Waals surface area contributed by atoms with Crippen LogP contribution in [0.1, 0.15) is 23.4 Å². The summed E-state index contributed by atoms with van der Waals surface area (Å²) in [7, 11) is 1.59. The molecule has 1 amide bonds. The highest BCUT2D eigenvalue weighted by atomic mass is 19.1. The average Bonchev–Trinajstić information content (AvgIpc) is 2.86. The zero-order chi connectivity index (χ0) is 13.1. The van der Waals surface area contributed by atoms with Crippen LogP contribution < -0.4 is 4.90 Å². The quantitative estimate of drug-likeness (QED) is 0.900. The number of nitrogens with one attached hydrogen (secondary N) is 1. The molecule has 0 saturated carbocycles.